The van der Waals surface area contributed by atoms with Gasteiger partial charge in [-0.05, 0) is 31.5 Å². The molecule has 1 N–H and O–H groups in total. The third-order valence-electron chi connectivity index (χ3n) is 3.52. The van der Waals surface area contributed by atoms with E-state index in [1.165, 1.54) is 17.7 Å². The first-order chi connectivity index (χ1) is 8.81. The Morgan fingerprint density at radius 2 is 2.39 bits per heavy atom. The molecular formula is C14H23N3O. The summed E-state index contributed by atoms with van der Waals surface area (Å²) in [4.78, 5) is 6.77. The molecule has 1 aliphatic carbocycles. The van der Waals surface area contributed by atoms with E-state index in [1.54, 1.807) is 7.11 Å². The Morgan fingerprint density at radius 3 is 3.22 bits per heavy atom. The monoisotopic (exact) mass is 249 g/mol. The van der Waals surface area contributed by atoms with Crippen LogP contribution in [0.2, 0.25) is 0 Å². The second-order valence-corrected chi connectivity index (χ2v) is 4.89. The first-order valence-corrected chi connectivity index (χ1v) is 6.66. The molecule has 18 heavy (non-hydrogen) atoms. The Labute approximate surface area is 109 Å². The normalized spacial score (nSPS) is 18.3. The van der Waals surface area contributed by atoms with E-state index in [9.17, 15) is 0 Å². The topological polar surface area (TPSA) is 37.4 Å². The van der Waals surface area contributed by atoms with Crippen molar-refractivity contribution in [2.45, 2.75) is 18.9 Å². The van der Waals surface area contributed by atoms with Gasteiger partial charge in [0, 0.05) is 32.9 Å². The van der Waals surface area contributed by atoms with Crippen molar-refractivity contribution in [3.8, 4) is 0 Å². The number of nitrogens with one attached hydrogen (secondary N) is 1. The van der Waals surface area contributed by atoms with Crippen LogP contribution in [-0.2, 0) is 11.2 Å². The SMILES string of the molecule is COCCN(C)CCNC1CCc2cccnc21. The first kappa shape index (κ1) is 13.5. The van der Waals surface area contributed by atoms with Crippen molar-refractivity contribution in [2.24, 2.45) is 0 Å². The Kier molecular flexibility index (Phi) is 5.11. The number of methoxy groups -OCH3 is 1. The maximum atomic E-state index is 5.07. The van der Waals surface area contributed by atoms with Crippen LogP contribution < -0.4 is 5.32 Å². The minimum Gasteiger partial charge on any atom is -0.383 e. The van der Waals surface area contributed by atoms with Crippen LogP contribution in [0.25, 0.3) is 0 Å². The van der Waals surface area contributed by atoms with Crippen LogP contribution in [-0.4, -0.2) is 50.3 Å². The summed E-state index contributed by atoms with van der Waals surface area (Å²) in [6.07, 6.45) is 4.22. The van der Waals surface area contributed by atoms with Crippen molar-refractivity contribution >= 4 is 0 Å². The summed E-state index contributed by atoms with van der Waals surface area (Å²) in [5.74, 6) is 0. The van der Waals surface area contributed by atoms with Gasteiger partial charge >= 0.3 is 0 Å². The van der Waals surface area contributed by atoms with Crippen LogP contribution in [0.15, 0.2) is 18.3 Å². The third-order valence-corrected chi connectivity index (χ3v) is 3.52. The molecule has 0 saturated heterocycles. The van der Waals surface area contributed by atoms with Crippen molar-refractivity contribution in [3.05, 3.63) is 29.6 Å². The molecule has 0 aromatic carbocycles. The average molecular weight is 249 g/mol. The summed E-state index contributed by atoms with van der Waals surface area (Å²) < 4.78 is 5.07. The lowest BCUT2D eigenvalue weighted by Crippen LogP contribution is -2.32. The number of aromatic nitrogens is 1. The minimum atomic E-state index is 0.442. The van der Waals surface area contributed by atoms with Gasteiger partial charge in [-0.1, -0.05) is 6.07 Å². The lowest BCUT2D eigenvalue weighted by atomic mass is 10.2. The van der Waals surface area contributed by atoms with E-state index in [-0.39, 0.29) is 0 Å². The highest BCUT2D eigenvalue weighted by atomic mass is 16.5. The van der Waals surface area contributed by atoms with Gasteiger partial charge in [0.1, 0.15) is 0 Å². The fraction of sp³-hybridized carbons (Fsp3) is 0.643. The Hall–Kier alpha value is -0.970. The van der Waals surface area contributed by atoms with E-state index < -0.39 is 0 Å². The van der Waals surface area contributed by atoms with Gasteiger partial charge in [0.05, 0.1) is 18.3 Å². The zero-order valence-electron chi connectivity index (χ0n) is 11.4. The van der Waals surface area contributed by atoms with Gasteiger partial charge in [0.15, 0.2) is 0 Å². The summed E-state index contributed by atoms with van der Waals surface area (Å²) >= 11 is 0. The van der Waals surface area contributed by atoms with Gasteiger partial charge in [-0.2, -0.15) is 0 Å². The van der Waals surface area contributed by atoms with E-state index in [1.807, 2.05) is 12.3 Å². The van der Waals surface area contributed by atoms with Gasteiger partial charge in [0.25, 0.3) is 0 Å². The number of rotatable bonds is 7. The van der Waals surface area contributed by atoms with Gasteiger partial charge < -0.3 is 15.0 Å². The molecular weight excluding hydrogens is 226 g/mol. The summed E-state index contributed by atoms with van der Waals surface area (Å²) in [5.41, 5.74) is 2.65. The highest BCUT2D eigenvalue weighted by Gasteiger charge is 2.22. The number of nitrogens with zero attached hydrogens (tertiary/aromatic N) is 2. The molecule has 0 spiro atoms. The van der Waals surface area contributed by atoms with Crippen LogP contribution in [0.4, 0.5) is 0 Å². The molecule has 0 amide bonds. The van der Waals surface area contributed by atoms with Crippen molar-refractivity contribution in [3.63, 3.8) is 0 Å². The first-order valence-electron chi connectivity index (χ1n) is 6.66. The molecule has 1 aromatic heterocycles. The lowest BCUT2D eigenvalue weighted by Gasteiger charge is -2.18. The fourth-order valence-electron chi connectivity index (χ4n) is 2.40. The van der Waals surface area contributed by atoms with E-state index in [2.05, 4.69) is 28.3 Å². The summed E-state index contributed by atoms with van der Waals surface area (Å²) in [6, 6.07) is 4.66. The summed E-state index contributed by atoms with van der Waals surface area (Å²) in [7, 11) is 3.87. The molecule has 0 fully saturated rings. The zero-order valence-corrected chi connectivity index (χ0v) is 11.4. The Balaban J connectivity index is 1.72. The molecule has 1 aliphatic rings. The van der Waals surface area contributed by atoms with Crippen molar-refractivity contribution in [1.29, 1.82) is 0 Å². The average Bonchev–Trinajstić information content (AvgIpc) is 2.80. The smallest absolute Gasteiger partial charge is 0.0605 e. The molecule has 1 aromatic rings. The van der Waals surface area contributed by atoms with Gasteiger partial charge in [0.2, 0.25) is 0 Å². The van der Waals surface area contributed by atoms with Crippen molar-refractivity contribution < 1.29 is 4.74 Å². The number of aryl methyl sites for hydroxylation is 1. The molecule has 1 heterocycles. The van der Waals surface area contributed by atoms with Crippen molar-refractivity contribution in [2.75, 3.05) is 40.4 Å². The number of fused-ring (bicyclic) bond motifs is 1. The zero-order chi connectivity index (χ0) is 12.8. The highest BCUT2D eigenvalue weighted by Crippen LogP contribution is 2.28. The lowest BCUT2D eigenvalue weighted by molar-refractivity contribution is 0.161. The summed E-state index contributed by atoms with van der Waals surface area (Å²) in [6.45, 7) is 3.82. The number of hydrogen-bond donors (Lipinski definition) is 1. The largest absolute Gasteiger partial charge is 0.383 e. The quantitative estimate of drug-likeness (QED) is 0.789. The van der Waals surface area contributed by atoms with Crippen LogP contribution >= 0.6 is 0 Å². The number of likely N-dealkylation sites (N-methyl/N-ethyl adjacent to an activating group) is 1. The van der Waals surface area contributed by atoms with Crippen LogP contribution in [0, 0.1) is 0 Å². The maximum absolute atomic E-state index is 5.07. The molecule has 0 saturated carbocycles. The van der Waals surface area contributed by atoms with Crippen LogP contribution in [0.5, 0.6) is 0 Å². The van der Waals surface area contributed by atoms with E-state index in [0.29, 0.717) is 6.04 Å². The predicted molar refractivity (Wildman–Crippen MR) is 72.7 cm³/mol. The van der Waals surface area contributed by atoms with Gasteiger partial charge in [-0.15, -0.1) is 0 Å². The van der Waals surface area contributed by atoms with Crippen LogP contribution in [0.3, 0.4) is 0 Å². The van der Waals surface area contributed by atoms with E-state index >= 15 is 0 Å². The molecule has 4 nitrogen and oxygen atoms in total. The minimum absolute atomic E-state index is 0.442. The number of pyridine rings is 1. The van der Waals surface area contributed by atoms with Gasteiger partial charge in [-0.3, -0.25) is 4.98 Å². The number of hydrogen-bond acceptors (Lipinski definition) is 4. The van der Waals surface area contributed by atoms with Crippen LogP contribution in [0.1, 0.15) is 23.7 Å². The molecule has 0 aliphatic heterocycles. The van der Waals surface area contributed by atoms with E-state index in [0.717, 1.165) is 32.7 Å². The maximum Gasteiger partial charge on any atom is 0.0605 e. The second kappa shape index (κ2) is 6.83. The number of ether oxygens (including phenoxy) is 1. The van der Waals surface area contributed by atoms with Crippen molar-refractivity contribution in [1.82, 2.24) is 15.2 Å². The predicted octanol–water partition coefficient (Wildman–Crippen LogP) is 1.24. The Bertz CT molecular complexity index is 370. The van der Waals surface area contributed by atoms with Gasteiger partial charge in [-0.25, -0.2) is 0 Å². The molecule has 0 radical (unpaired) electrons. The third kappa shape index (κ3) is 3.51. The molecule has 0 bridgehead atoms. The van der Waals surface area contributed by atoms with E-state index in [4.69, 9.17) is 4.74 Å². The second-order valence-electron chi connectivity index (χ2n) is 4.89. The fourth-order valence-corrected chi connectivity index (χ4v) is 2.40. The molecule has 2 rings (SSSR count). The Morgan fingerprint density at radius 1 is 1.50 bits per heavy atom. The molecule has 100 valence electrons. The molecule has 1 unspecified atom stereocenters. The molecule has 4 heteroatoms. The standard InChI is InChI=1S/C14H23N3O/c1-17(10-11-18-2)9-8-15-13-6-5-12-4-3-7-16-14(12)13/h3-4,7,13,15H,5-6,8-11H2,1-2H3. The summed E-state index contributed by atoms with van der Waals surface area (Å²) in [5, 5.41) is 3.60. The highest BCUT2D eigenvalue weighted by molar-refractivity contribution is 5.27. The molecule has 1 atom stereocenters.